The molecule has 17 heavy (non-hydrogen) atoms. The fourth-order valence-corrected chi connectivity index (χ4v) is 1.82. The molecule has 0 unspecified atom stereocenters. The molecule has 1 saturated heterocycles. The number of ether oxygens (including phenoxy) is 1. The smallest absolute Gasteiger partial charge is 0.408 e. The number of carboxylic acid groups (broad SMARTS) is 1. The Hall–Kier alpha value is -1.81. The van der Waals surface area contributed by atoms with Crippen molar-refractivity contribution >= 4 is 12.0 Å². The van der Waals surface area contributed by atoms with Gasteiger partial charge in [-0.05, 0) is 0 Å². The maximum absolute atomic E-state index is 11.8. The molecule has 7 heteroatoms. The summed E-state index contributed by atoms with van der Waals surface area (Å²) >= 11 is 0. The molecule has 0 saturated carbocycles. The van der Waals surface area contributed by atoms with Crippen LogP contribution in [0.5, 0.6) is 0 Å². The summed E-state index contributed by atoms with van der Waals surface area (Å²) in [5.74, 6) is -0.268. The minimum Gasteiger partial charge on any atom is -0.465 e. The largest absolute Gasteiger partial charge is 0.465 e. The Bertz CT molecular complexity index is 350. The summed E-state index contributed by atoms with van der Waals surface area (Å²) in [6.45, 7) is 0.0300. The highest BCUT2D eigenvalue weighted by molar-refractivity contribution is 5.85. The van der Waals surface area contributed by atoms with Gasteiger partial charge in [0.1, 0.15) is 12.6 Å². The summed E-state index contributed by atoms with van der Waals surface area (Å²) in [7, 11) is 3.15. The molecule has 7 nitrogen and oxygen atoms in total. The number of likely N-dealkylation sites (tertiary alicyclic amines) is 1. The lowest BCUT2D eigenvalue weighted by atomic mass is 10.2. The Balaban J connectivity index is 2.71. The number of likely N-dealkylation sites (N-methyl/N-ethyl adjacent to an activating group) is 1. The number of carbonyl (C=O) groups is 2. The van der Waals surface area contributed by atoms with E-state index in [0.29, 0.717) is 6.42 Å². The van der Waals surface area contributed by atoms with E-state index in [1.807, 2.05) is 6.07 Å². The van der Waals surface area contributed by atoms with Crippen LogP contribution in [0, 0.1) is 11.3 Å². The van der Waals surface area contributed by atoms with E-state index in [1.54, 1.807) is 14.1 Å². The van der Waals surface area contributed by atoms with Crippen LogP contribution in [-0.2, 0) is 9.53 Å². The number of hydrogen-bond acceptors (Lipinski definition) is 4. The van der Waals surface area contributed by atoms with Crippen LogP contribution < -0.4 is 0 Å². The first-order chi connectivity index (χ1) is 7.97. The number of carbonyl (C=O) groups excluding carboxylic acids is 1. The third-order valence-electron chi connectivity index (χ3n) is 2.62. The first-order valence-corrected chi connectivity index (χ1v) is 5.16. The van der Waals surface area contributed by atoms with Gasteiger partial charge in [0.2, 0.25) is 5.91 Å². The van der Waals surface area contributed by atoms with E-state index in [-0.39, 0.29) is 25.2 Å². The molecule has 2 amide bonds. The summed E-state index contributed by atoms with van der Waals surface area (Å²) in [5.41, 5.74) is 0. The lowest BCUT2D eigenvalue weighted by Gasteiger charge is -2.23. The van der Waals surface area contributed by atoms with Gasteiger partial charge in [-0.3, -0.25) is 9.69 Å². The SMILES string of the molecule is CN(C)C(=O)[C@@H]1C[C@@H](OCC#N)CN1C(=O)O. The first-order valence-electron chi connectivity index (χ1n) is 5.16. The van der Waals surface area contributed by atoms with Crippen LogP contribution in [0.1, 0.15) is 6.42 Å². The Labute approximate surface area is 99.2 Å². The van der Waals surface area contributed by atoms with Crippen LogP contribution >= 0.6 is 0 Å². The monoisotopic (exact) mass is 241 g/mol. The number of amides is 2. The van der Waals surface area contributed by atoms with Gasteiger partial charge in [0.15, 0.2) is 0 Å². The molecule has 2 atom stereocenters. The molecule has 1 N–H and O–H groups in total. The van der Waals surface area contributed by atoms with Crippen molar-refractivity contribution < 1.29 is 19.4 Å². The lowest BCUT2D eigenvalue weighted by molar-refractivity contribution is -0.132. The predicted molar refractivity (Wildman–Crippen MR) is 57.2 cm³/mol. The van der Waals surface area contributed by atoms with Crippen LogP contribution in [0.15, 0.2) is 0 Å². The van der Waals surface area contributed by atoms with E-state index in [4.69, 9.17) is 15.1 Å². The molecule has 0 aromatic carbocycles. The highest BCUT2D eigenvalue weighted by Gasteiger charge is 2.40. The average Bonchev–Trinajstić information content (AvgIpc) is 2.69. The van der Waals surface area contributed by atoms with Crippen molar-refractivity contribution in [2.24, 2.45) is 0 Å². The molecule has 0 aromatic rings. The zero-order valence-corrected chi connectivity index (χ0v) is 9.79. The fraction of sp³-hybridized carbons (Fsp3) is 0.700. The van der Waals surface area contributed by atoms with Crippen molar-refractivity contribution in [2.45, 2.75) is 18.6 Å². The molecule has 1 fully saturated rings. The van der Waals surface area contributed by atoms with E-state index in [2.05, 4.69) is 0 Å². The minimum atomic E-state index is -1.15. The molecule has 0 aromatic heterocycles. The van der Waals surface area contributed by atoms with E-state index < -0.39 is 12.1 Å². The fourth-order valence-electron chi connectivity index (χ4n) is 1.82. The standard InChI is InChI=1S/C10H15N3O4/c1-12(2)9(14)8-5-7(17-4-3-11)6-13(8)10(15)16/h7-8H,4-6H2,1-2H3,(H,15,16)/t7-,8+/m1/s1. The predicted octanol–water partition coefficient (Wildman–Crippen LogP) is -0.264. The highest BCUT2D eigenvalue weighted by Crippen LogP contribution is 2.21. The van der Waals surface area contributed by atoms with Gasteiger partial charge < -0.3 is 14.7 Å². The van der Waals surface area contributed by atoms with Crippen LogP contribution in [-0.4, -0.2) is 66.3 Å². The Kier molecular flexibility index (Phi) is 4.29. The molecule has 1 rings (SSSR count). The second kappa shape index (κ2) is 5.50. The molecule has 94 valence electrons. The van der Waals surface area contributed by atoms with Gasteiger partial charge in [-0.1, -0.05) is 0 Å². The molecular formula is C10H15N3O4. The number of rotatable bonds is 3. The average molecular weight is 241 g/mol. The lowest BCUT2D eigenvalue weighted by Crippen LogP contribution is -2.44. The summed E-state index contributed by atoms with van der Waals surface area (Å²) in [4.78, 5) is 25.2. The summed E-state index contributed by atoms with van der Waals surface area (Å²) in [6, 6.07) is 1.11. The Morgan fingerprint density at radius 2 is 2.24 bits per heavy atom. The summed E-state index contributed by atoms with van der Waals surface area (Å²) in [6.07, 6.45) is -1.24. The molecular weight excluding hydrogens is 226 g/mol. The molecule has 0 radical (unpaired) electrons. The summed E-state index contributed by atoms with van der Waals surface area (Å²) in [5, 5.41) is 17.4. The van der Waals surface area contributed by atoms with Gasteiger partial charge in [0, 0.05) is 20.5 Å². The van der Waals surface area contributed by atoms with Gasteiger partial charge in [-0.2, -0.15) is 5.26 Å². The molecule has 1 heterocycles. The quantitative estimate of drug-likeness (QED) is 0.734. The van der Waals surface area contributed by atoms with Crippen molar-refractivity contribution in [3.63, 3.8) is 0 Å². The highest BCUT2D eigenvalue weighted by atomic mass is 16.5. The molecule has 1 aliphatic rings. The zero-order valence-electron chi connectivity index (χ0n) is 9.79. The number of nitriles is 1. The van der Waals surface area contributed by atoms with Gasteiger partial charge in [0.05, 0.1) is 18.7 Å². The second-order valence-electron chi connectivity index (χ2n) is 4.01. The molecule has 1 aliphatic heterocycles. The molecule has 0 aliphatic carbocycles. The second-order valence-corrected chi connectivity index (χ2v) is 4.01. The van der Waals surface area contributed by atoms with Gasteiger partial charge in [-0.15, -0.1) is 0 Å². The number of hydrogen-bond donors (Lipinski definition) is 1. The third kappa shape index (κ3) is 3.07. The third-order valence-corrected chi connectivity index (χ3v) is 2.62. The van der Waals surface area contributed by atoms with Gasteiger partial charge in [-0.25, -0.2) is 4.79 Å². The maximum Gasteiger partial charge on any atom is 0.408 e. The van der Waals surface area contributed by atoms with Crippen LogP contribution in [0.25, 0.3) is 0 Å². The van der Waals surface area contributed by atoms with Crippen molar-refractivity contribution in [1.29, 1.82) is 5.26 Å². The Morgan fingerprint density at radius 1 is 1.59 bits per heavy atom. The zero-order chi connectivity index (χ0) is 13.0. The summed E-state index contributed by atoms with van der Waals surface area (Å²) < 4.78 is 5.16. The van der Waals surface area contributed by atoms with Crippen molar-refractivity contribution in [2.75, 3.05) is 27.2 Å². The van der Waals surface area contributed by atoms with Crippen LogP contribution in [0.4, 0.5) is 4.79 Å². The van der Waals surface area contributed by atoms with Crippen molar-refractivity contribution in [3.05, 3.63) is 0 Å². The molecule has 0 bridgehead atoms. The van der Waals surface area contributed by atoms with E-state index in [1.165, 1.54) is 4.90 Å². The van der Waals surface area contributed by atoms with Crippen LogP contribution in [0.2, 0.25) is 0 Å². The van der Waals surface area contributed by atoms with Gasteiger partial charge >= 0.3 is 6.09 Å². The Morgan fingerprint density at radius 3 is 2.71 bits per heavy atom. The first kappa shape index (κ1) is 13.3. The molecule has 0 spiro atoms. The minimum absolute atomic E-state index is 0.0962. The maximum atomic E-state index is 11.8. The van der Waals surface area contributed by atoms with E-state index >= 15 is 0 Å². The number of nitrogens with zero attached hydrogens (tertiary/aromatic N) is 3. The van der Waals surface area contributed by atoms with Crippen molar-refractivity contribution in [1.82, 2.24) is 9.80 Å². The van der Waals surface area contributed by atoms with E-state index in [0.717, 1.165) is 4.90 Å². The van der Waals surface area contributed by atoms with Crippen LogP contribution in [0.3, 0.4) is 0 Å². The van der Waals surface area contributed by atoms with Crippen molar-refractivity contribution in [3.8, 4) is 6.07 Å². The normalized spacial score (nSPS) is 23.2. The topological polar surface area (TPSA) is 93.9 Å². The van der Waals surface area contributed by atoms with E-state index in [9.17, 15) is 9.59 Å². The van der Waals surface area contributed by atoms with Gasteiger partial charge in [0.25, 0.3) is 0 Å².